The van der Waals surface area contributed by atoms with Crippen LogP contribution in [0, 0.1) is 17.8 Å². The predicted molar refractivity (Wildman–Crippen MR) is 80.2 cm³/mol. The van der Waals surface area contributed by atoms with Crippen LogP contribution in [0.5, 0.6) is 0 Å². The molecule has 4 heteroatoms. The highest BCUT2D eigenvalue weighted by atomic mass is 16.1. The minimum atomic E-state index is -0.451. The van der Waals surface area contributed by atoms with Crippen LogP contribution in [-0.4, -0.2) is 42.0 Å². The molecule has 1 heterocycles. The molecule has 3 fully saturated rings. The van der Waals surface area contributed by atoms with Crippen molar-refractivity contribution in [3.05, 3.63) is 0 Å². The van der Waals surface area contributed by atoms with Crippen molar-refractivity contribution in [2.24, 2.45) is 23.5 Å². The van der Waals surface area contributed by atoms with E-state index in [1.807, 2.05) is 0 Å². The number of carbonyl (C=O) groups excluding carboxylic acids is 1. The Morgan fingerprint density at radius 1 is 1.30 bits per heavy atom. The molecular formula is C16H29N3O. The van der Waals surface area contributed by atoms with Gasteiger partial charge in [0.1, 0.15) is 5.54 Å². The van der Waals surface area contributed by atoms with E-state index in [9.17, 15) is 4.79 Å². The number of carbonyl (C=O) groups is 1. The van der Waals surface area contributed by atoms with E-state index in [4.69, 9.17) is 5.73 Å². The summed E-state index contributed by atoms with van der Waals surface area (Å²) in [6.07, 6.45) is 5.99. The van der Waals surface area contributed by atoms with Crippen molar-refractivity contribution in [3.8, 4) is 0 Å². The lowest BCUT2D eigenvalue weighted by Crippen LogP contribution is -2.63. The lowest BCUT2D eigenvalue weighted by atomic mass is 9.90. The number of amides is 1. The number of primary amides is 1. The first-order valence-corrected chi connectivity index (χ1v) is 8.31. The van der Waals surface area contributed by atoms with Crippen LogP contribution < -0.4 is 11.1 Å². The molecule has 20 heavy (non-hydrogen) atoms. The van der Waals surface area contributed by atoms with Crippen LogP contribution in [-0.2, 0) is 4.79 Å². The third kappa shape index (κ3) is 2.86. The molecular weight excluding hydrogens is 250 g/mol. The number of nitrogens with two attached hydrogens (primary N) is 1. The number of likely N-dealkylation sites (tertiary alicyclic amines) is 1. The van der Waals surface area contributed by atoms with Gasteiger partial charge in [-0.3, -0.25) is 10.1 Å². The fraction of sp³-hybridized carbons (Fsp3) is 0.938. The van der Waals surface area contributed by atoms with Crippen molar-refractivity contribution < 1.29 is 4.79 Å². The van der Waals surface area contributed by atoms with Crippen molar-refractivity contribution in [2.45, 2.75) is 57.5 Å². The third-order valence-electron chi connectivity index (χ3n) is 5.48. The average Bonchev–Trinajstić information content (AvgIpc) is 3.28. The van der Waals surface area contributed by atoms with Gasteiger partial charge in [-0.25, -0.2) is 0 Å². The molecule has 1 aliphatic heterocycles. The van der Waals surface area contributed by atoms with Crippen molar-refractivity contribution >= 4 is 5.91 Å². The molecule has 0 bridgehead atoms. The van der Waals surface area contributed by atoms with Crippen LogP contribution in [0.4, 0.5) is 0 Å². The largest absolute Gasteiger partial charge is 0.368 e. The molecule has 0 aromatic rings. The van der Waals surface area contributed by atoms with Gasteiger partial charge >= 0.3 is 0 Å². The van der Waals surface area contributed by atoms with E-state index in [0.717, 1.165) is 44.3 Å². The second kappa shape index (κ2) is 5.30. The molecule has 3 N–H and O–H groups in total. The smallest absolute Gasteiger partial charge is 0.239 e. The number of hydrogen-bond acceptors (Lipinski definition) is 3. The molecule has 0 aromatic heterocycles. The molecule has 3 aliphatic rings. The highest BCUT2D eigenvalue weighted by Gasteiger charge is 2.53. The van der Waals surface area contributed by atoms with Crippen LogP contribution in [0.2, 0.25) is 0 Å². The Hall–Kier alpha value is -0.610. The highest BCUT2D eigenvalue weighted by Crippen LogP contribution is 2.42. The van der Waals surface area contributed by atoms with E-state index in [0.29, 0.717) is 12.0 Å². The predicted octanol–water partition coefficient (Wildman–Crippen LogP) is 1.35. The average molecular weight is 279 g/mol. The van der Waals surface area contributed by atoms with Gasteiger partial charge in [-0.2, -0.15) is 0 Å². The number of nitrogens with one attached hydrogen (secondary N) is 1. The standard InChI is InChI=1S/C16H29N3O/c1-11(2)12-7-8-19(9-12)10-16(15(17)20,13-3-4-13)18-14-5-6-14/h11-14,18H,3-10H2,1-2H3,(H2,17,20). The Morgan fingerprint density at radius 3 is 2.45 bits per heavy atom. The maximum atomic E-state index is 12.2. The zero-order chi connectivity index (χ0) is 14.3. The van der Waals surface area contributed by atoms with Gasteiger partial charge in [0, 0.05) is 19.1 Å². The minimum Gasteiger partial charge on any atom is -0.368 e. The van der Waals surface area contributed by atoms with Gasteiger partial charge in [0.2, 0.25) is 5.91 Å². The molecule has 2 unspecified atom stereocenters. The SMILES string of the molecule is CC(C)C1CCN(CC(NC2CC2)(C(N)=O)C2CC2)C1. The van der Waals surface area contributed by atoms with Crippen LogP contribution in [0.25, 0.3) is 0 Å². The summed E-state index contributed by atoms with van der Waals surface area (Å²) in [4.78, 5) is 14.7. The van der Waals surface area contributed by atoms with E-state index in [1.165, 1.54) is 19.3 Å². The first-order valence-electron chi connectivity index (χ1n) is 8.31. The Kier molecular flexibility index (Phi) is 3.80. The van der Waals surface area contributed by atoms with Gasteiger partial charge in [0.15, 0.2) is 0 Å². The van der Waals surface area contributed by atoms with Gasteiger partial charge in [-0.1, -0.05) is 13.8 Å². The summed E-state index contributed by atoms with van der Waals surface area (Å²) in [6.45, 7) is 7.69. The third-order valence-corrected chi connectivity index (χ3v) is 5.48. The van der Waals surface area contributed by atoms with Crippen molar-refractivity contribution in [2.75, 3.05) is 19.6 Å². The van der Waals surface area contributed by atoms with E-state index in [2.05, 4.69) is 24.1 Å². The van der Waals surface area contributed by atoms with Crippen LogP contribution in [0.3, 0.4) is 0 Å². The monoisotopic (exact) mass is 279 g/mol. The molecule has 2 atom stereocenters. The number of rotatable bonds is 7. The first-order chi connectivity index (χ1) is 9.51. The zero-order valence-corrected chi connectivity index (χ0v) is 12.9. The zero-order valence-electron chi connectivity index (χ0n) is 12.9. The molecule has 0 radical (unpaired) electrons. The van der Waals surface area contributed by atoms with Gasteiger partial charge in [0.25, 0.3) is 0 Å². The first kappa shape index (κ1) is 14.3. The Morgan fingerprint density at radius 2 is 2.00 bits per heavy atom. The van der Waals surface area contributed by atoms with Crippen molar-refractivity contribution in [3.63, 3.8) is 0 Å². The summed E-state index contributed by atoms with van der Waals surface area (Å²) >= 11 is 0. The highest BCUT2D eigenvalue weighted by molar-refractivity contribution is 5.86. The fourth-order valence-corrected chi connectivity index (χ4v) is 3.71. The van der Waals surface area contributed by atoms with E-state index >= 15 is 0 Å². The number of hydrogen-bond donors (Lipinski definition) is 2. The van der Waals surface area contributed by atoms with Gasteiger partial charge in [-0.05, 0) is 56.4 Å². The Bertz CT molecular complexity index is 376. The topological polar surface area (TPSA) is 58.4 Å². The maximum Gasteiger partial charge on any atom is 0.239 e. The maximum absolute atomic E-state index is 12.2. The summed E-state index contributed by atoms with van der Waals surface area (Å²) in [6, 6.07) is 0.534. The summed E-state index contributed by atoms with van der Waals surface area (Å²) in [5, 5.41) is 3.62. The van der Waals surface area contributed by atoms with Crippen LogP contribution in [0.15, 0.2) is 0 Å². The second-order valence-corrected chi connectivity index (χ2v) is 7.56. The second-order valence-electron chi connectivity index (χ2n) is 7.56. The molecule has 3 rings (SSSR count). The fourth-order valence-electron chi connectivity index (χ4n) is 3.71. The molecule has 2 aliphatic carbocycles. The summed E-state index contributed by atoms with van der Waals surface area (Å²) in [5.74, 6) is 1.86. The van der Waals surface area contributed by atoms with Crippen LogP contribution in [0.1, 0.15) is 46.0 Å². The minimum absolute atomic E-state index is 0.125. The molecule has 114 valence electrons. The Labute approximate surface area is 122 Å². The summed E-state index contributed by atoms with van der Waals surface area (Å²) < 4.78 is 0. The molecule has 0 aromatic carbocycles. The lowest BCUT2D eigenvalue weighted by Gasteiger charge is -2.36. The van der Waals surface area contributed by atoms with E-state index in [-0.39, 0.29) is 5.91 Å². The summed E-state index contributed by atoms with van der Waals surface area (Å²) in [7, 11) is 0. The lowest BCUT2D eigenvalue weighted by molar-refractivity contribution is -0.126. The summed E-state index contributed by atoms with van der Waals surface area (Å²) in [5.41, 5.74) is 5.38. The Balaban J connectivity index is 1.68. The van der Waals surface area contributed by atoms with Gasteiger partial charge < -0.3 is 10.6 Å². The normalized spacial score (nSPS) is 30.6. The van der Waals surface area contributed by atoms with Crippen LogP contribution >= 0.6 is 0 Å². The molecule has 0 spiro atoms. The van der Waals surface area contributed by atoms with Crippen molar-refractivity contribution in [1.82, 2.24) is 10.2 Å². The quantitative estimate of drug-likeness (QED) is 0.739. The molecule has 2 saturated carbocycles. The molecule has 4 nitrogen and oxygen atoms in total. The van der Waals surface area contributed by atoms with Crippen molar-refractivity contribution in [1.29, 1.82) is 0 Å². The van der Waals surface area contributed by atoms with E-state index in [1.54, 1.807) is 0 Å². The van der Waals surface area contributed by atoms with Gasteiger partial charge in [-0.15, -0.1) is 0 Å². The molecule has 1 saturated heterocycles. The molecule has 1 amide bonds. The van der Waals surface area contributed by atoms with E-state index < -0.39 is 5.54 Å². The van der Waals surface area contributed by atoms with Gasteiger partial charge in [0.05, 0.1) is 0 Å². The number of nitrogens with zero attached hydrogens (tertiary/aromatic N) is 1.